The fraction of sp³-hybridized carbons (Fsp3) is 0.391. The van der Waals surface area contributed by atoms with Crippen molar-refractivity contribution in [1.29, 1.82) is 0 Å². The Morgan fingerprint density at radius 3 is 2.58 bits per heavy atom. The topological polar surface area (TPSA) is 57.5 Å². The third kappa shape index (κ3) is 7.07. The molecule has 2 aromatic carbocycles. The zero-order valence-electron chi connectivity index (χ0n) is 18.3. The Labute approximate surface area is 208 Å². The minimum atomic E-state index is -4.16. The number of hydrogen-bond acceptors (Lipinski definition) is 3. The summed E-state index contributed by atoms with van der Waals surface area (Å²) in [4.78, 5) is 10.1. The zero-order chi connectivity index (χ0) is 22.6. The lowest BCUT2D eigenvalue weighted by atomic mass is 10.1. The lowest BCUT2D eigenvalue weighted by Crippen LogP contribution is -2.44. The molecule has 0 aliphatic carbocycles. The first-order valence-electron chi connectivity index (χ1n) is 10.6. The van der Waals surface area contributed by atoms with Crippen molar-refractivity contribution in [3.63, 3.8) is 0 Å². The van der Waals surface area contributed by atoms with Crippen LogP contribution in [0.1, 0.15) is 17.5 Å². The molecule has 6 nitrogen and oxygen atoms in total. The van der Waals surface area contributed by atoms with Crippen LogP contribution in [0.4, 0.5) is 13.2 Å². The predicted molar refractivity (Wildman–Crippen MR) is 135 cm³/mol. The summed E-state index contributed by atoms with van der Waals surface area (Å²) in [6.45, 7) is 1.25. The molecule has 1 aromatic heterocycles. The van der Waals surface area contributed by atoms with Crippen molar-refractivity contribution < 1.29 is 13.2 Å². The molecule has 33 heavy (non-hydrogen) atoms. The number of alkyl halides is 3. The molecule has 4 rings (SSSR count). The summed E-state index contributed by atoms with van der Waals surface area (Å²) in [6, 6.07) is 16.3. The molecule has 2 heterocycles. The van der Waals surface area contributed by atoms with Gasteiger partial charge in [0.1, 0.15) is 0 Å². The molecule has 0 bridgehead atoms. The fourth-order valence-electron chi connectivity index (χ4n) is 4.02. The fourth-order valence-corrected chi connectivity index (χ4v) is 4.02. The number of nitrogens with zero attached hydrogens (tertiary/aromatic N) is 4. The van der Waals surface area contributed by atoms with Crippen molar-refractivity contribution in [3.8, 4) is 0 Å². The average Bonchev–Trinajstić information content (AvgIpc) is 3.37. The first-order valence-corrected chi connectivity index (χ1v) is 10.6. The molecule has 0 amide bonds. The Kier molecular flexibility index (Phi) is 8.57. The minimum Gasteiger partial charge on any atom is -0.352 e. The summed E-state index contributed by atoms with van der Waals surface area (Å²) in [5, 5.41) is 6.48. The number of likely N-dealkylation sites (tertiary alicyclic amines) is 1. The highest BCUT2D eigenvalue weighted by Gasteiger charge is 2.34. The van der Waals surface area contributed by atoms with E-state index in [4.69, 9.17) is 0 Å². The van der Waals surface area contributed by atoms with Crippen LogP contribution in [0.3, 0.4) is 0 Å². The maximum Gasteiger partial charge on any atom is 0.401 e. The van der Waals surface area contributed by atoms with E-state index < -0.39 is 12.7 Å². The lowest BCUT2D eigenvalue weighted by molar-refractivity contribution is -0.143. The Balaban J connectivity index is 0.00000306. The molecular formula is C23H28F3IN6. The molecule has 1 aliphatic heterocycles. The first kappa shape index (κ1) is 25.3. The average molecular weight is 572 g/mol. The van der Waals surface area contributed by atoms with Crippen LogP contribution in [0.25, 0.3) is 11.0 Å². The van der Waals surface area contributed by atoms with Crippen LogP contribution in [0.5, 0.6) is 0 Å². The molecule has 1 atom stereocenters. The van der Waals surface area contributed by atoms with Gasteiger partial charge < -0.3 is 15.2 Å². The van der Waals surface area contributed by atoms with Gasteiger partial charge in [-0.2, -0.15) is 13.2 Å². The maximum absolute atomic E-state index is 12.6. The van der Waals surface area contributed by atoms with E-state index in [1.807, 2.05) is 24.5 Å². The van der Waals surface area contributed by atoms with Gasteiger partial charge in [0, 0.05) is 39.3 Å². The van der Waals surface area contributed by atoms with Gasteiger partial charge in [-0.3, -0.25) is 9.89 Å². The van der Waals surface area contributed by atoms with Crippen LogP contribution in [-0.4, -0.2) is 59.3 Å². The number of imidazole rings is 1. The van der Waals surface area contributed by atoms with Crippen molar-refractivity contribution in [2.45, 2.75) is 31.7 Å². The van der Waals surface area contributed by atoms with E-state index in [1.165, 1.54) is 10.5 Å². The van der Waals surface area contributed by atoms with Gasteiger partial charge in [0.2, 0.25) is 0 Å². The second-order valence-corrected chi connectivity index (χ2v) is 8.08. The van der Waals surface area contributed by atoms with Crippen molar-refractivity contribution >= 4 is 41.0 Å². The third-order valence-corrected chi connectivity index (χ3v) is 5.60. The summed E-state index contributed by atoms with van der Waals surface area (Å²) >= 11 is 0. The Morgan fingerprint density at radius 2 is 1.85 bits per heavy atom. The molecular weight excluding hydrogens is 544 g/mol. The van der Waals surface area contributed by atoms with Crippen molar-refractivity contribution in [3.05, 3.63) is 66.0 Å². The van der Waals surface area contributed by atoms with Gasteiger partial charge in [0.05, 0.1) is 23.9 Å². The van der Waals surface area contributed by atoms with E-state index in [9.17, 15) is 13.2 Å². The first-order chi connectivity index (χ1) is 15.4. The summed E-state index contributed by atoms with van der Waals surface area (Å²) in [5.74, 6) is 0.595. The van der Waals surface area contributed by atoms with Gasteiger partial charge in [-0.25, -0.2) is 4.98 Å². The van der Waals surface area contributed by atoms with Gasteiger partial charge in [-0.05, 0) is 29.7 Å². The molecule has 1 unspecified atom stereocenters. The molecule has 2 N–H and O–H groups in total. The predicted octanol–water partition coefficient (Wildman–Crippen LogP) is 4.00. The third-order valence-electron chi connectivity index (χ3n) is 5.60. The summed E-state index contributed by atoms with van der Waals surface area (Å²) < 4.78 is 39.8. The van der Waals surface area contributed by atoms with E-state index in [0.29, 0.717) is 32.0 Å². The number of rotatable bonds is 6. The monoisotopic (exact) mass is 572 g/mol. The van der Waals surface area contributed by atoms with Crippen molar-refractivity contribution in [1.82, 2.24) is 25.1 Å². The van der Waals surface area contributed by atoms with Crippen molar-refractivity contribution in [2.75, 3.05) is 26.7 Å². The minimum absolute atomic E-state index is 0. The van der Waals surface area contributed by atoms with Crippen LogP contribution < -0.4 is 10.6 Å². The highest BCUT2D eigenvalue weighted by Crippen LogP contribution is 2.20. The Hall–Kier alpha value is -2.34. The molecule has 0 radical (unpaired) electrons. The molecule has 3 aromatic rings. The molecule has 10 heteroatoms. The molecule has 1 aliphatic rings. The summed E-state index contributed by atoms with van der Waals surface area (Å²) in [5.41, 5.74) is 4.36. The summed E-state index contributed by atoms with van der Waals surface area (Å²) in [7, 11) is 1.66. The highest BCUT2D eigenvalue weighted by atomic mass is 127. The largest absolute Gasteiger partial charge is 0.401 e. The van der Waals surface area contributed by atoms with Gasteiger partial charge in [0.15, 0.2) is 5.96 Å². The number of para-hydroxylation sites is 2. The number of aliphatic imine (C=N–C) groups is 1. The normalized spacial score (nSPS) is 17.2. The van der Waals surface area contributed by atoms with Gasteiger partial charge in [-0.1, -0.05) is 36.4 Å². The second kappa shape index (κ2) is 11.2. The lowest BCUT2D eigenvalue weighted by Gasteiger charge is -2.20. The van der Waals surface area contributed by atoms with Crippen molar-refractivity contribution in [2.24, 2.45) is 4.99 Å². The van der Waals surface area contributed by atoms with E-state index in [1.54, 1.807) is 7.05 Å². The smallest absolute Gasteiger partial charge is 0.352 e. The van der Waals surface area contributed by atoms with E-state index in [-0.39, 0.29) is 30.0 Å². The Morgan fingerprint density at radius 1 is 1.12 bits per heavy atom. The van der Waals surface area contributed by atoms with Crippen LogP contribution in [0.15, 0.2) is 59.9 Å². The highest BCUT2D eigenvalue weighted by molar-refractivity contribution is 14.0. The van der Waals surface area contributed by atoms with Crippen LogP contribution in [0, 0.1) is 0 Å². The van der Waals surface area contributed by atoms with Gasteiger partial charge >= 0.3 is 6.18 Å². The number of aromatic nitrogens is 2. The molecule has 0 saturated carbocycles. The van der Waals surface area contributed by atoms with Crippen LogP contribution in [0.2, 0.25) is 0 Å². The molecule has 1 saturated heterocycles. The molecule has 178 valence electrons. The number of nitrogens with one attached hydrogen (secondary N) is 2. The maximum atomic E-state index is 12.6. The Bertz CT molecular complexity index is 1060. The summed E-state index contributed by atoms with van der Waals surface area (Å²) in [6.07, 6.45) is -1.64. The SMILES string of the molecule is CN=C(NCc1ccc(Cn2cnc3ccccc32)cc1)NC1CCN(CC(F)(F)F)C1.I. The van der Waals surface area contributed by atoms with Gasteiger partial charge in [0.25, 0.3) is 0 Å². The van der Waals surface area contributed by atoms with Crippen LogP contribution in [-0.2, 0) is 13.1 Å². The number of hydrogen-bond donors (Lipinski definition) is 2. The zero-order valence-corrected chi connectivity index (χ0v) is 20.7. The second-order valence-electron chi connectivity index (χ2n) is 8.08. The van der Waals surface area contributed by atoms with Gasteiger partial charge in [-0.15, -0.1) is 24.0 Å². The van der Waals surface area contributed by atoms with E-state index >= 15 is 0 Å². The molecule has 1 fully saturated rings. The number of benzene rings is 2. The number of fused-ring (bicyclic) bond motifs is 1. The molecule has 0 spiro atoms. The van der Waals surface area contributed by atoms with E-state index in [0.717, 1.165) is 23.1 Å². The number of halogens is 4. The van der Waals surface area contributed by atoms with E-state index in [2.05, 4.69) is 55.5 Å². The standard InChI is InChI=1S/C23H27F3N6.HI/c1-27-22(30-19-10-11-31(14-19)15-23(24,25)26)28-12-17-6-8-18(9-7-17)13-32-16-29-20-4-2-3-5-21(20)32;/h2-9,16,19H,10-15H2,1H3,(H2,27,28,30);1H. The van der Waals surface area contributed by atoms with Crippen LogP contribution >= 0.6 is 24.0 Å². The quantitative estimate of drug-likeness (QED) is 0.267. The number of guanidine groups is 1.